The summed E-state index contributed by atoms with van der Waals surface area (Å²) >= 11 is 0. The lowest BCUT2D eigenvalue weighted by Gasteiger charge is -2.31. The van der Waals surface area contributed by atoms with Crippen LogP contribution in [0, 0.1) is 11.6 Å². The number of para-hydroxylation sites is 1. The van der Waals surface area contributed by atoms with Gasteiger partial charge in [0.1, 0.15) is 18.2 Å². The zero-order valence-electron chi connectivity index (χ0n) is 14.0. The lowest BCUT2D eigenvalue weighted by Crippen LogP contribution is -2.33. The molecule has 1 aliphatic rings. The number of primary amides is 1. The van der Waals surface area contributed by atoms with Crippen molar-refractivity contribution in [2.24, 2.45) is 16.5 Å². The third-order valence-corrected chi connectivity index (χ3v) is 4.05. The van der Waals surface area contributed by atoms with Gasteiger partial charge in [-0.3, -0.25) is 4.79 Å². The number of methoxy groups -OCH3 is 2. The molecule has 1 heterocycles. The molecule has 136 valence electrons. The Hall–Kier alpha value is -3.36. The highest BCUT2D eigenvalue weighted by molar-refractivity contribution is 6.11. The van der Waals surface area contributed by atoms with Crippen molar-refractivity contribution in [2.75, 3.05) is 25.8 Å². The predicted molar refractivity (Wildman–Crippen MR) is 92.2 cm³/mol. The molecule has 0 saturated carbocycles. The Morgan fingerprint density at radius 1 is 1.15 bits per heavy atom. The van der Waals surface area contributed by atoms with Gasteiger partial charge in [-0.1, -0.05) is 6.07 Å². The minimum atomic E-state index is -0.966. The highest BCUT2D eigenvalue weighted by Gasteiger charge is 2.31. The molecule has 0 aromatic heterocycles. The Balaban J connectivity index is 2.33. The van der Waals surface area contributed by atoms with Gasteiger partial charge in [-0.05, 0) is 12.1 Å². The number of hydrogen-bond donors (Lipinski definition) is 2. The third kappa shape index (κ3) is 2.57. The van der Waals surface area contributed by atoms with Gasteiger partial charge in [-0.15, -0.1) is 0 Å². The highest BCUT2D eigenvalue weighted by Crippen LogP contribution is 2.42. The topological polar surface area (TPSA) is 103 Å². The van der Waals surface area contributed by atoms with Crippen LogP contribution in [0.1, 0.15) is 15.9 Å². The van der Waals surface area contributed by atoms with E-state index in [-0.39, 0.29) is 35.3 Å². The summed E-state index contributed by atoms with van der Waals surface area (Å²) in [6, 6.07) is 5.68. The van der Waals surface area contributed by atoms with Crippen LogP contribution in [0.15, 0.2) is 29.3 Å². The van der Waals surface area contributed by atoms with Gasteiger partial charge in [0.05, 0.1) is 25.5 Å². The molecule has 1 aliphatic heterocycles. The van der Waals surface area contributed by atoms with E-state index in [9.17, 15) is 13.6 Å². The second-order valence-corrected chi connectivity index (χ2v) is 5.44. The van der Waals surface area contributed by atoms with Gasteiger partial charge in [0, 0.05) is 11.6 Å². The Morgan fingerprint density at radius 2 is 1.77 bits per heavy atom. The summed E-state index contributed by atoms with van der Waals surface area (Å²) < 4.78 is 39.7. The number of fused-ring (bicyclic) bond motifs is 1. The minimum Gasteiger partial charge on any atom is -0.493 e. The van der Waals surface area contributed by atoms with E-state index in [4.69, 9.17) is 20.9 Å². The van der Waals surface area contributed by atoms with E-state index in [1.165, 1.54) is 25.2 Å². The molecule has 0 fully saturated rings. The smallest absolute Gasteiger partial charge is 0.250 e. The van der Waals surface area contributed by atoms with Crippen molar-refractivity contribution in [2.45, 2.75) is 0 Å². The maximum Gasteiger partial charge on any atom is 0.250 e. The standard InChI is InChI=1S/C17H16F2N4O3/c1-25-10-6-11(26-2)13(19)15(12(10)18)23-7-22-16(20)8-4-3-5-9(14(8)23)17(21)24/h3-6H,7H2,1-2H3,(H2,20,22)(H2,21,24). The summed E-state index contributed by atoms with van der Waals surface area (Å²) in [7, 11) is 2.49. The number of carbonyl (C=O) groups excluding carboxylic acids is 1. The first-order valence-electron chi connectivity index (χ1n) is 7.51. The van der Waals surface area contributed by atoms with Gasteiger partial charge in [0.25, 0.3) is 5.91 Å². The van der Waals surface area contributed by atoms with Crippen LogP contribution in [0.3, 0.4) is 0 Å². The van der Waals surface area contributed by atoms with E-state index < -0.39 is 23.2 Å². The average Bonchev–Trinajstić information content (AvgIpc) is 2.63. The first-order chi connectivity index (χ1) is 12.4. The first-order valence-corrected chi connectivity index (χ1v) is 7.51. The number of benzene rings is 2. The molecule has 0 aliphatic carbocycles. The van der Waals surface area contributed by atoms with Crippen LogP contribution in [0.25, 0.3) is 0 Å². The van der Waals surface area contributed by atoms with Crippen molar-refractivity contribution in [3.8, 4) is 11.5 Å². The van der Waals surface area contributed by atoms with Crippen LogP contribution in [-0.2, 0) is 0 Å². The lowest BCUT2D eigenvalue weighted by atomic mass is 10.0. The number of nitrogens with zero attached hydrogens (tertiary/aromatic N) is 2. The molecule has 2 aromatic carbocycles. The fraction of sp³-hybridized carbons (Fsp3) is 0.176. The number of hydrogen-bond acceptors (Lipinski definition) is 6. The zero-order chi connectivity index (χ0) is 19.0. The summed E-state index contributed by atoms with van der Waals surface area (Å²) in [6.07, 6.45) is 0. The van der Waals surface area contributed by atoms with Gasteiger partial charge in [-0.2, -0.15) is 0 Å². The van der Waals surface area contributed by atoms with Crippen molar-refractivity contribution >= 4 is 23.1 Å². The van der Waals surface area contributed by atoms with Crippen molar-refractivity contribution in [1.82, 2.24) is 0 Å². The SMILES string of the molecule is COc1cc(OC)c(F)c(N2CN=C(N)c3cccc(C(N)=O)c32)c1F. The number of halogens is 2. The molecule has 0 radical (unpaired) electrons. The maximum absolute atomic E-state index is 14.9. The lowest BCUT2D eigenvalue weighted by molar-refractivity contribution is 0.100. The van der Waals surface area contributed by atoms with Crippen LogP contribution >= 0.6 is 0 Å². The monoisotopic (exact) mass is 362 g/mol. The molecule has 2 aromatic rings. The first kappa shape index (κ1) is 17.5. The van der Waals surface area contributed by atoms with E-state index >= 15 is 0 Å². The molecule has 4 N–H and O–H groups in total. The quantitative estimate of drug-likeness (QED) is 0.865. The van der Waals surface area contributed by atoms with Crippen molar-refractivity contribution < 1.29 is 23.0 Å². The fourth-order valence-electron chi connectivity index (χ4n) is 2.83. The molecule has 0 bridgehead atoms. The van der Waals surface area contributed by atoms with Gasteiger partial charge in [0.15, 0.2) is 23.1 Å². The van der Waals surface area contributed by atoms with Crippen molar-refractivity contribution in [1.29, 1.82) is 0 Å². The third-order valence-electron chi connectivity index (χ3n) is 4.05. The van der Waals surface area contributed by atoms with E-state index in [2.05, 4.69) is 4.99 Å². The summed E-state index contributed by atoms with van der Waals surface area (Å²) in [4.78, 5) is 17.1. The summed E-state index contributed by atoms with van der Waals surface area (Å²) in [5, 5.41) is 0. The molecular formula is C17H16F2N4O3. The Bertz CT molecular complexity index is 902. The van der Waals surface area contributed by atoms with Crippen LogP contribution in [0.2, 0.25) is 0 Å². The molecule has 26 heavy (non-hydrogen) atoms. The number of nitrogens with two attached hydrogens (primary N) is 2. The van der Waals surface area contributed by atoms with E-state index in [1.807, 2.05) is 0 Å². The minimum absolute atomic E-state index is 0.0564. The highest BCUT2D eigenvalue weighted by atomic mass is 19.1. The van der Waals surface area contributed by atoms with Crippen LogP contribution in [-0.4, -0.2) is 32.6 Å². The number of rotatable bonds is 4. The molecule has 1 amide bonds. The second kappa shape index (κ2) is 6.51. The Labute approximate surface area is 147 Å². The summed E-state index contributed by atoms with van der Waals surface area (Å²) in [5.74, 6) is -3.01. The van der Waals surface area contributed by atoms with Gasteiger partial charge in [0.2, 0.25) is 0 Å². The molecule has 0 saturated heterocycles. The molecule has 0 unspecified atom stereocenters. The van der Waals surface area contributed by atoms with E-state index in [0.29, 0.717) is 5.56 Å². The second-order valence-electron chi connectivity index (χ2n) is 5.44. The molecule has 9 heteroatoms. The molecular weight excluding hydrogens is 346 g/mol. The van der Waals surface area contributed by atoms with Gasteiger partial charge >= 0.3 is 0 Å². The molecule has 3 rings (SSSR count). The largest absolute Gasteiger partial charge is 0.493 e. The number of anilines is 2. The average molecular weight is 362 g/mol. The van der Waals surface area contributed by atoms with E-state index in [0.717, 1.165) is 6.07 Å². The van der Waals surface area contributed by atoms with E-state index in [1.54, 1.807) is 12.1 Å². The van der Waals surface area contributed by atoms with Crippen LogP contribution in [0.4, 0.5) is 20.2 Å². The zero-order valence-corrected chi connectivity index (χ0v) is 14.0. The molecule has 0 atom stereocenters. The Morgan fingerprint density at radius 3 is 2.31 bits per heavy atom. The number of carbonyl (C=O) groups is 1. The summed E-state index contributed by atoms with van der Waals surface area (Å²) in [5.41, 5.74) is 11.4. The van der Waals surface area contributed by atoms with Gasteiger partial charge < -0.3 is 25.8 Å². The maximum atomic E-state index is 14.9. The van der Waals surface area contributed by atoms with Crippen molar-refractivity contribution in [3.63, 3.8) is 0 Å². The number of amides is 1. The number of amidine groups is 1. The van der Waals surface area contributed by atoms with Crippen LogP contribution < -0.4 is 25.8 Å². The molecule has 0 spiro atoms. The summed E-state index contributed by atoms with van der Waals surface area (Å²) in [6.45, 7) is -0.215. The number of ether oxygens (including phenoxy) is 2. The van der Waals surface area contributed by atoms with Crippen LogP contribution in [0.5, 0.6) is 11.5 Å². The number of aliphatic imine (C=N–C) groups is 1. The van der Waals surface area contributed by atoms with Gasteiger partial charge in [-0.25, -0.2) is 13.8 Å². The fourth-order valence-corrected chi connectivity index (χ4v) is 2.83. The Kier molecular flexibility index (Phi) is 4.37. The predicted octanol–water partition coefficient (Wildman–Crippen LogP) is 1.90. The van der Waals surface area contributed by atoms with Crippen molar-refractivity contribution in [3.05, 3.63) is 47.0 Å². The molecule has 7 nitrogen and oxygen atoms in total. The normalized spacial score (nSPS) is 13.1.